The lowest BCUT2D eigenvalue weighted by Crippen LogP contribution is -2.37. The number of hydrogen-bond donors (Lipinski definition) is 2. The Morgan fingerprint density at radius 3 is 1.57 bits per heavy atom. The molecule has 390 valence electrons. The first-order valence-corrected chi connectivity index (χ1v) is 23.3. The molecule has 3 N–H and O–H groups in total. The Hall–Kier alpha value is -4.38. The number of esters is 1. The van der Waals surface area contributed by atoms with Crippen molar-refractivity contribution in [3.8, 4) is 5.75 Å². The average molecular weight is 1010 g/mol. The predicted molar refractivity (Wildman–Crippen MR) is 240 cm³/mol. The molecule has 1 aromatic heterocycles. The number of halogens is 4. The number of carbonyl (C=O) groups excluding carboxylic acids is 3. The maximum absolute atomic E-state index is 13.6. The molecule has 69 heavy (non-hydrogen) atoms. The maximum atomic E-state index is 13.6. The summed E-state index contributed by atoms with van der Waals surface area (Å²) in [5.41, 5.74) is 8.07. The number of nitrogens with zero attached hydrogens (tertiary/aromatic N) is 2. The van der Waals surface area contributed by atoms with Gasteiger partial charge in [0.1, 0.15) is 12.4 Å². The van der Waals surface area contributed by atoms with Crippen LogP contribution in [0.5, 0.6) is 5.75 Å². The van der Waals surface area contributed by atoms with Crippen molar-refractivity contribution in [1.82, 2.24) is 10.4 Å². The van der Waals surface area contributed by atoms with Crippen LogP contribution in [0.1, 0.15) is 31.7 Å². The van der Waals surface area contributed by atoms with Crippen molar-refractivity contribution in [2.24, 2.45) is 10.7 Å². The van der Waals surface area contributed by atoms with E-state index < -0.39 is 47.5 Å². The SMILES string of the molecule is CCCN(OCCNC(=O)OCCOCCOCCOCCOCCOCCOCCOCCOCCOCCOCCC(=O)Oc1c(F)c(F)cc(F)c1F)C(=O)C1=Cc2cscc2N=C(N)C1. The van der Waals surface area contributed by atoms with Gasteiger partial charge >= 0.3 is 12.1 Å². The summed E-state index contributed by atoms with van der Waals surface area (Å²) in [6.45, 7) is 8.96. The molecular formula is C44H64F4N4O16S. The molecule has 1 aromatic carbocycles. The van der Waals surface area contributed by atoms with Crippen molar-refractivity contribution in [2.75, 3.05) is 158 Å². The van der Waals surface area contributed by atoms with E-state index in [1.807, 2.05) is 17.7 Å². The fraction of sp³-hybridized carbons (Fsp3) is 0.636. The number of aliphatic imine (C=N–C) groups is 1. The van der Waals surface area contributed by atoms with Gasteiger partial charge in [0.15, 0.2) is 11.6 Å². The van der Waals surface area contributed by atoms with Crippen LogP contribution in [0.3, 0.4) is 0 Å². The van der Waals surface area contributed by atoms with Gasteiger partial charge in [-0.3, -0.25) is 14.4 Å². The molecule has 3 rings (SSSR count). The third-order valence-electron chi connectivity index (χ3n) is 8.73. The average Bonchev–Trinajstić information content (AvgIpc) is 3.70. The van der Waals surface area contributed by atoms with E-state index in [0.29, 0.717) is 123 Å². The van der Waals surface area contributed by atoms with E-state index in [4.69, 9.17) is 62.7 Å². The number of alkyl carbamates (subject to hydrolysis) is 1. The van der Waals surface area contributed by atoms with Crippen LogP contribution in [0.2, 0.25) is 0 Å². The van der Waals surface area contributed by atoms with E-state index in [2.05, 4.69) is 15.0 Å². The summed E-state index contributed by atoms with van der Waals surface area (Å²) in [6.07, 6.45) is 1.64. The maximum Gasteiger partial charge on any atom is 0.407 e. The van der Waals surface area contributed by atoms with Crippen molar-refractivity contribution >= 4 is 46.9 Å². The van der Waals surface area contributed by atoms with Crippen LogP contribution in [-0.2, 0) is 66.5 Å². The Morgan fingerprint density at radius 1 is 0.652 bits per heavy atom. The van der Waals surface area contributed by atoms with Gasteiger partial charge in [-0.2, -0.15) is 8.78 Å². The monoisotopic (exact) mass is 1010 g/mol. The highest BCUT2D eigenvalue weighted by atomic mass is 32.1. The van der Waals surface area contributed by atoms with Gasteiger partial charge in [0, 0.05) is 47.5 Å². The lowest BCUT2D eigenvalue weighted by Gasteiger charge is -2.22. The summed E-state index contributed by atoms with van der Waals surface area (Å²) in [6, 6.07) is 0.0130. The first-order chi connectivity index (χ1) is 33.6. The zero-order valence-electron chi connectivity index (χ0n) is 38.8. The number of nitrogens with one attached hydrogen (secondary N) is 1. The fourth-order valence-electron chi connectivity index (χ4n) is 5.45. The van der Waals surface area contributed by atoms with Crippen LogP contribution >= 0.6 is 11.3 Å². The number of hydrogen-bond acceptors (Lipinski definition) is 19. The molecule has 1 aliphatic heterocycles. The van der Waals surface area contributed by atoms with Crippen LogP contribution in [0.15, 0.2) is 27.4 Å². The first-order valence-electron chi connectivity index (χ1n) is 22.4. The largest absolute Gasteiger partial charge is 0.447 e. The second-order valence-electron chi connectivity index (χ2n) is 14.1. The number of carbonyl (C=O) groups is 3. The number of rotatable bonds is 41. The van der Waals surface area contributed by atoms with Crippen molar-refractivity contribution < 1.29 is 93.6 Å². The molecule has 0 aliphatic carbocycles. The van der Waals surface area contributed by atoms with Gasteiger partial charge in [-0.05, 0) is 12.5 Å². The van der Waals surface area contributed by atoms with Gasteiger partial charge in [-0.1, -0.05) is 6.92 Å². The number of hydroxylamine groups is 2. The normalized spacial score (nSPS) is 12.3. The number of amidine groups is 1. The van der Waals surface area contributed by atoms with E-state index >= 15 is 0 Å². The Labute approximate surface area is 402 Å². The summed E-state index contributed by atoms with van der Waals surface area (Å²) in [5.74, 6) is -9.49. The molecule has 2 amide bonds. The highest BCUT2D eigenvalue weighted by Crippen LogP contribution is 2.30. The second-order valence-corrected chi connectivity index (χ2v) is 14.9. The minimum atomic E-state index is -1.80. The summed E-state index contributed by atoms with van der Waals surface area (Å²) < 4.78 is 117. The minimum absolute atomic E-state index is 0.0130. The summed E-state index contributed by atoms with van der Waals surface area (Å²) in [7, 11) is 0. The fourth-order valence-corrected chi connectivity index (χ4v) is 6.17. The predicted octanol–water partition coefficient (Wildman–Crippen LogP) is 4.14. The second kappa shape index (κ2) is 37.4. The highest BCUT2D eigenvalue weighted by Gasteiger charge is 2.24. The van der Waals surface area contributed by atoms with E-state index in [-0.39, 0.29) is 71.2 Å². The number of benzene rings is 1. The van der Waals surface area contributed by atoms with Gasteiger partial charge < -0.3 is 67.9 Å². The number of nitrogens with two attached hydrogens (primary N) is 1. The quantitative estimate of drug-likeness (QED) is 0.0238. The van der Waals surface area contributed by atoms with Crippen molar-refractivity contribution in [3.63, 3.8) is 0 Å². The lowest BCUT2D eigenvalue weighted by molar-refractivity contribution is -0.181. The minimum Gasteiger partial charge on any atom is -0.447 e. The van der Waals surface area contributed by atoms with Crippen LogP contribution in [0, 0.1) is 23.3 Å². The zero-order chi connectivity index (χ0) is 49.7. The van der Waals surface area contributed by atoms with Crippen LogP contribution in [-0.4, -0.2) is 187 Å². The van der Waals surface area contributed by atoms with Crippen LogP contribution in [0.25, 0.3) is 6.08 Å². The van der Waals surface area contributed by atoms with Crippen molar-refractivity contribution in [2.45, 2.75) is 26.2 Å². The Morgan fingerprint density at radius 2 is 1.10 bits per heavy atom. The third-order valence-corrected chi connectivity index (χ3v) is 9.48. The van der Waals surface area contributed by atoms with E-state index in [9.17, 15) is 31.9 Å². The molecule has 0 bridgehead atoms. The molecule has 0 spiro atoms. The zero-order valence-corrected chi connectivity index (χ0v) is 39.6. The molecule has 0 radical (unpaired) electrons. The smallest absolute Gasteiger partial charge is 0.407 e. The summed E-state index contributed by atoms with van der Waals surface area (Å²) >= 11 is 1.48. The molecule has 0 atom stereocenters. The van der Waals surface area contributed by atoms with Crippen molar-refractivity contribution in [3.05, 3.63) is 51.2 Å². The number of amides is 2. The Balaban J connectivity index is 0.964. The molecule has 0 unspecified atom stereocenters. The number of ether oxygens (including phenoxy) is 12. The molecule has 2 aromatic rings. The lowest BCUT2D eigenvalue weighted by atomic mass is 10.1. The van der Waals surface area contributed by atoms with Crippen LogP contribution in [0.4, 0.5) is 28.0 Å². The van der Waals surface area contributed by atoms with Crippen LogP contribution < -0.4 is 15.8 Å². The van der Waals surface area contributed by atoms with E-state index in [1.54, 1.807) is 6.08 Å². The highest BCUT2D eigenvalue weighted by molar-refractivity contribution is 7.08. The topological polar surface area (TPSA) is 225 Å². The number of fused-ring (bicyclic) bond motifs is 1. The van der Waals surface area contributed by atoms with Gasteiger partial charge in [-0.15, -0.1) is 11.3 Å². The first kappa shape index (κ1) is 58.9. The van der Waals surface area contributed by atoms with Crippen molar-refractivity contribution in [1.29, 1.82) is 0 Å². The Kier molecular flexibility index (Phi) is 32.0. The summed E-state index contributed by atoms with van der Waals surface area (Å²) in [4.78, 5) is 46.9. The molecule has 2 heterocycles. The number of thiophene rings is 1. The third kappa shape index (κ3) is 26.4. The molecule has 0 fully saturated rings. The standard InChI is InChI=1S/C44H64F4N4O16S/c1-2-5-52(43(54)33-28-34-31-69-32-37(34)51-38(49)29-33)67-7-4-50-44(55)66-27-26-65-25-24-64-23-22-63-21-20-62-19-18-61-17-16-60-15-14-59-13-12-58-11-10-57-9-8-56-6-3-39(53)68-42-40(47)35(45)30-36(46)41(42)48/h28,30-32H,2-27,29H2,1H3,(H2,49,51)(H,50,55). The van der Waals surface area contributed by atoms with E-state index in [1.165, 1.54) is 16.4 Å². The Bertz CT molecular complexity index is 1810. The van der Waals surface area contributed by atoms with E-state index in [0.717, 1.165) is 11.3 Å². The molecule has 20 nitrogen and oxygen atoms in total. The van der Waals surface area contributed by atoms with Gasteiger partial charge in [0.25, 0.3) is 5.91 Å². The molecule has 0 saturated heterocycles. The van der Waals surface area contributed by atoms with Gasteiger partial charge in [0.05, 0.1) is 151 Å². The molecular weight excluding hydrogens is 949 g/mol. The summed E-state index contributed by atoms with van der Waals surface area (Å²) in [5, 5.41) is 7.65. The molecule has 1 aliphatic rings. The molecule has 0 saturated carbocycles. The van der Waals surface area contributed by atoms with Gasteiger partial charge in [-0.25, -0.2) is 23.6 Å². The molecule has 25 heteroatoms. The van der Waals surface area contributed by atoms with Gasteiger partial charge in [0.2, 0.25) is 17.4 Å².